The van der Waals surface area contributed by atoms with Crippen LogP contribution in [0.15, 0.2) is 42.5 Å². The predicted octanol–water partition coefficient (Wildman–Crippen LogP) is 4.42. The molecule has 2 rings (SSSR count). The van der Waals surface area contributed by atoms with E-state index in [9.17, 15) is 0 Å². The molecule has 0 aliphatic rings. The number of benzene rings is 2. The number of hydrogen-bond acceptors (Lipinski definition) is 4. The van der Waals surface area contributed by atoms with Crippen LogP contribution in [0.5, 0.6) is 17.2 Å². The Labute approximate surface area is 144 Å². The molecule has 0 fully saturated rings. The van der Waals surface area contributed by atoms with Gasteiger partial charge in [-0.2, -0.15) is 0 Å². The van der Waals surface area contributed by atoms with E-state index >= 15 is 0 Å². The molecule has 130 valence electrons. The fourth-order valence-corrected chi connectivity index (χ4v) is 2.25. The Bertz CT molecular complexity index is 645. The van der Waals surface area contributed by atoms with E-state index in [4.69, 9.17) is 19.9 Å². The van der Waals surface area contributed by atoms with Gasteiger partial charge in [-0.1, -0.05) is 26.8 Å². The molecule has 24 heavy (non-hydrogen) atoms. The standard InChI is InChI=1S/C20H27NO3/c1-20(2,3)15-6-11-19(18(21)14-15)24-13-5-12-23-17-9-7-16(22-4)8-10-17/h6-11,14H,5,12-13,21H2,1-4H3. The summed E-state index contributed by atoms with van der Waals surface area (Å²) in [5.41, 5.74) is 8.05. The van der Waals surface area contributed by atoms with Crippen molar-refractivity contribution < 1.29 is 14.2 Å². The van der Waals surface area contributed by atoms with Crippen molar-refractivity contribution >= 4 is 5.69 Å². The number of nitrogen functional groups attached to an aromatic ring is 1. The largest absolute Gasteiger partial charge is 0.497 e. The van der Waals surface area contributed by atoms with E-state index in [0.29, 0.717) is 18.9 Å². The van der Waals surface area contributed by atoms with Gasteiger partial charge in [0.15, 0.2) is 0 Å². The van der Waals surface area contributed by atoms with Crippen LogP contribution < -0.4 is 19.9 Å². The zero-order chi connectivity index (χ0) is 17.6. The topological polar surface area (TPSA) is 53.7 Å². The molecule has 0 atom stereocenters. The number of anilines is 1. The highest BCUT2D eigenvalue weighted by molar-refractivity contribution is 5.55. The Morgan fingerprint density at radius 1 is 0.875 bits per heavy atom. The third-order valence-electron chi connectivity index (χ3n) is 3.75. The van der Waals surface area contributed by atoms with Crippen LogP contribution in [0, 0.1) is 0 Å². The molecule has 0 radical (unpaired) electrons. The SMILES string of the molecule is COc1ccc(OCCCOc2ccc(C(C)(C)C)cc2N)cc1. The molecule has 2 aromatic carbocycles. The van der Waals surface area contributed by atoms with Gasteiger partial charge in [-0.15, -0.1) is 0 Å². The van der Waals surface area contributed by atoms with E-state index in [1.807, 2.05) is 36.4 Å². The molecule has 0 saturated heterocycles. The van der Waals surface area contributed by atoms with Crippen molar-refractivity contribution in [2.75, 3.05) is 26.1 Å². The Balaban J connectivity index is 1.76. The first-order valence-electron chi connectivity index (χ1n) is 8.20. The normalized spacial score (nSPS) is 11.2. The van der Waals surface area contributed by atoms with Crippen LogP contribution in [0.4, 0.5) is 5.69 Å². The van der Waals surface area contributed by atoms with E-state index in [1.54, 1.807) is 7.11 Å². The van der Waals surface area contributed by atoms with Crippen LogP contribution in [0.1, 0.15) is 32.8 Å². The minimum absolute atomic E-state index is 0.0822. The molecule has 0 aromatic heterocycles. The van der Waals surface area contributed by atoms with Crippen molar-refractivity contribution in [3.8, 4) is 17.2 Å². The van der Waals surface area contributed by atoms with E-state index in [-0.39, 0.29) is 5.41 Å². The summed E-state index contributed by atoms with van der Waals surface area (Å²) in [6.45, 7) is 7.65. The van der Waals surface area contributed by atoms with Crippen molar-refractivity contribution in [2.24, 2.45) is 0 Å². The van der Waals surface area contributed by atoms with Crippen molar-refractivity contribution in [1.82, 2.24) is 0 Å². The lowest BCUT2D eigenvalue weighted by atomic mass is 9.87. The summed E-state index contributed by atoms with van der Waals surface area (Å²) in [5.74, 6) is 2.37. The van der Waals surface area contributed by atoms with E-state index in [1.165, 1.54) is 5.56 Å². The lowest BCUT2D eigenvalue weighted by molar-refractivity contribution is 0.248. The third-order valence-corrected chi connectivity index (χ3v) is 3.75. The van der Waals surface area contributed by atoms with Crippen molar-refractivity contribution in [1.29, 1.82) is 0 Å². The number of hydrogen-bond donors (Lipinski definition) is 1. The van der Waals surface area contributed by atoms with Gasteiger partial charge < -0.3 is 19.9 Å². The minimum Gasteiger partial charge on any atom is -0.497 e. The molecule has 0 aliphatic heterocycles. The summed E-state index contributed by atoms with van der Waals surface area (Å²) >= 11 is 0. The molecule has 0 bridgehead atoms. The second kappa shape index (κ2) is 7.95. The summed E-state index contributed by atoms with van der Waals surface area (Å²) in [5, 5.41) is 0. The van der Waals surface area contributed by atoms with E-state index in [0.717, 1.165) is 23.7 Å². The molecular formula is C20H27NO3. The van der Waals surface area contributed by atoms with Gasteiger partial charge in [0.1, 0.15) is 17.2 Å². The lowest BCUT2D eigenvalue weighted by Gasteiger charge is -2.20. The quantitative estimate of drug-likeness (QED) is 0.603. The molecule has 0 saturated carbocycles. The highest BCUT2D eigenvalue weighted by Gasteiger charge is 2.15. The van der Waals surface area contributed by atoms with Gasteiger partial charge in [0, 0.05) is 6.42 Å². The second-order valence-electron chi connectivity index (χ2n) is 6.73. The van der Waals surface area contributed by atoms with Crippen LogP contribution in [-0.4, -0.2) is 20.3 Å². The van der Waals surface area contributed by atoms with Crippen LogP contribution in [0.2, 0.25) is 0 Å². The number of rotatable bonds is 7. The van der Waals surface area contributed by atoms with Gasteiger partial charge in [0.05, 0.1) is 26.0 Å². The Morgan fingerprint density at radius 2 is 1.50 bits per heavy atom. The van der Waals surface area contributed by atoms with Crippen LogP contribution in [0.3, 0.4) is 0 Å². The molecule has 0 spiro atoms. The van der Waals surface area contributed by atoms with Crippen molar-refractivity contribution in [3.63, 3.8) is 0 Å². The fourth-order valence-electron chi connectivity index (χ4n) is 2.25. The Hall–Kier alpha value is -2.36. The average Bonchev–Trinajstić information content (AvgIpc) is 2.55. The third kappa shape index (κ3) is 5.08. The molecule has 0 aliphatic carbocycles. The van der Waals surface area contributed by atoms with Crippen LogP contribution in [0.25, 0.3) is 0 Å². The second-order valence-corrected chi connectivity index (χ2v) is 6.73. The summed E-state index contributed by atoms with van der Waals surface area (Å²) in [6, 6.07) is 13.5. The van der Waals surface area contributed by atoms with Gasteiger partial charge in [0.25, 0.3) is 0 Å². The Kier molecular flexibility index (Phi) is 5.96. The molecule has 4 nitrogen and oxygen atoms in total. The lowest BCUT2D eigenvalue weighted by Crippen LogP contribution is -2.12. The van der Waals surface area contributed by atoms with Crippen LogP contribution in [-0.2, 0) is 5.41 Å². The van der Waals surface area contributed by atoms with Gasteiger partial charge in [-0.25, -0.2) is 0 Å². The fraction of sp³-hybridized carbons (Fsp3) is 0.400. The van der Waals surface area contributed by atoms with Gasteiger partial charge in [-0.05, 0) is 47.4 Å². The summed E-state index contributed by atoms with van der Waals surface area (Å²) in [6.07, 6.45) is 0.784. The molecule has 0 heterocycles. The molecule has 0 amide bonds. The molecule has 0 unspecified atom stereocenters. The maximum atomic E-state index is 6.08. The summed E-state index contributed by atoms with van der Waals surface area (Å²) < 4.78 is 16.5. The zero-order valence-corrected chi connectivity index (χ0v) is 15.0. The van der Waals surface area contributed by atoms with Gasteiger partial charge >= 0.3 is 0 Å². The Morgan fingerprint density at radius 3 is 2.08 bits per heavy atom. The summed E-state index contributed by atoms with van der Waals surface area (Å²) in [4.78, 5) is 0. The molecular weight excluding hydrogens is 302 g/mol. The van der Waals surface area contributed by atoms with Gasteiger partial charge in [0.2, 0.25) is 0 Å². The van der Waals surface area contributed by atoms with E-state index in [2.05, 4.69) is 26.8 Å². The highest BCUT2D eigenvalue weighted by Crippen LogP contribution is 2.29. The maximum absolute atomic E-state index is 6.08. The first-order valence-corrected chi connectivity index (χ1v) is 8.20. The highest BCUT2D eigenvalue weighted by atomic mass is 16.5. The maximum Gasteiger partial charge on any atom is 0.142 e. The average molecular weight is 329 g/mol. The van der Waals surface area contributed by atoms with Crippen LogP contribution >= 0.6 is 0 Å². The summed E-state index contributed by atoms with van der Waals surface area (Å²) in [7, 11) is 1.65. The number of methoxy groups -OCH3 is 1. The van der Waals surface area contributed by atoms with Crippen molar-refractivity contribution in [2.45, 2.75) is 32.6 Å². The zero-order valence-electron chi connectivity index (χ0n) is 15.0. The van der Waals surface area contributed by atoms with Gasteiger partial charge in [-0.3, -0.25) is 0 Å². The monoisotopic (exact) mass is 329 g/mol. The molecule has 2 aromatic rings. The first kappa shape index (κ1) is 18.0. The first-order chi connectivity index (χ1) is 11.4. The smallest absolute Gasteiger partial charge is 0.142 e. The van der Waals surface area contributed by atoms with Crippen molar-refractivity contribution in [3.05, 3.63) is 48.0 Å². The molecule has 4 heteroatoms. The van der Waals surface area contributed by atoms with E-state index < -0.39 is 0 Å². The number of ether oxygens (including phenoxy) is 3. The predicted molar refractivity (Wildman–Crippen MR) is 98.2 cm³/mol. The molecule has 2 N–H and O–H groups in total. The number of nitrogens with two attached hydrogens (primary N) is 1. The minimum atomic E-state index is 0.0822.